The zero-order chi connectivity index (χ0) is 18.2. The molecule has 0 bridgehead atoms. The molecule has 26 heavy (non-hydrogen) atoms. The lowest BCUT2D eigenvalue weighted by atomic mass is 10.1. The molecule has 0 atom stereocenters. The Kier molecular flexibility index (Phi) is 5.88. The van der Waals surface area contributed by atoms with Gasteiger partial charge in [-0.05, 0) is 42.7 Å². The molecule has 3 aromatic rings. The normalized spacial score (nSPS) is 10.3. The maximum absolute atomic E-state index is 13.2. The quantitative estimate of drug-likeness (QED) is 0.634. The first-order chi connectivity index (χ1) is 12.7. The minimum Gasteiger partial charge on any atom is -0.354 e. The highest BCUT2D eigenvalue weighted by Crippen LogP contribution is 2.11. The second-order valence-corrected chi connectivity index (χ2v) is 5.75. The van der Waals surface area contributed by atoms with Crippen LogP contribution in [0.4, 0.5) is 16.0 Å². The third-order valence-electron chi connectivity index (χ3n) is 3.74. The number of rotatable bonds is 7. The molecule has 0 saturated heterocycles. The maximum Gasteiger partial charge on any atom is 0.274 e. The third kappa shape index (κ3) is 5.11. The summed E-state index contributed by atoms with van der Waals surface area (Å²) in [5.74, 6) is -0.429. The Labute approximate surface area is 151 Å². The molecular weight excluding hydrogens is 331 g/mol. The number of carbonyl (C=O) groups excluding carboxylic acids is 1. The van der Waals surface area contributed by atoms with Gasteiger partial charge in [0.15, 0.2) is 0 Å². The van der Waals surface area contributed by atoms with Gasteiger partial charge in [0.05, 0.1) is 0 Å². The van der Waals surface area contributed by atoms with Crippen molar-refractivity contribution >= 4 is 17.5 Å². The lowest BCUT2D eigenvalue weighted by Gasteiger charge is -2.07. The number of amides is 1. The Morgan fingerprint density at radius 1 is 1.04 bits per heavy atom. The number of aromatic nitrogens is 2. The molecule has 0 unspecified atom stereocenters. The van der Waals surface area contributed by atoms with Gasteiger partial charge in [0.2, 0.25) is 5.95 Å². The minimum atomic E-state index is -0.412. The summed E-state index contributed by atoms with van der Waals surface area (Å²) in [7, 11) is 0. The van der Waals surface area contributed by atoms with Gasteiger partial charge in [0, 0.05) is 18.4 Å². The number of carbonyl (C=O) groups is 1. The zero-order valence-electron chi connectivity index (χ0n) is 14.2. The van der Waals surface area contributed by atoms with Crippen LogP contribution < -0.4 is 10.6 Å². The largest absolute Gasteiger partial charge is 0.354 e. The van der Waals surface area contributed by atoms with E-state index in [4.69, 9.17) is 0 Å². The molecule has 0 saturated carbocycles. The van der Waals surface area contributed by atoms with E-state index in [-0.39, 0.29) is 5.69 Å². The first kappa shape index (κ1) is 17.5. The summed E-state index contributed by atoms with van der Waals surface area (Å²) in [5.41, 5.74) is 1.87. The van der Waals surface area contributed by atoms with Gasteiger partial charge >= 0.3 is 0 Å². The number of benzene rings is 2. The van der Waals surface area contributed by atoms with E-state index in [2.05, 4.69) is 32.7 Å². The van der Waals surface area contributed by atoms with Gasteiger partial charge in [-0.15, -0.1) is 0 Å². The van der Waals surface area contributed by atoms with Crippen LogP contribution in [0.25, 0.3) is 0 Å². The summed E-state index contributed by atoms with van der Waals surface area (Å²) in [5, 5.41) is 5.74. The number of nitrogens with zero attached hydrogens (tertiary/aromatic N) is 2. The molecule has 0 fully saturated rings. The molecule has 1 amide bonds. The van der Waals surface area contributed by atoms with Crippen molar-refractivity contribution in [1.82, 2.24) is 9.97 Å². The molecule has 0 spiro atoms. The van der Waals surface area contributed by atoms with Crippen LogP contribution >= 0.6 is 0 Å². The van der Waals surface area contributed by atoms with Crippen molar-refractivity contribution in [3.63, 3.8) is 0 Å². The van der Waals surface area contributed by atoms with Crippen LogP contribution in [-0.4, -0.2) is 22.4 Å². The third-order valence-corrected chi connectivity index (χ3v) is 3.74. The van der Waals surface area contributed by atoms with Gasteiger partial charge < -0.3 is 10.6 Å². The highest BCUT2D eigenvalue weighted by atomic mass is 19.1. The van der Waals surface area contributed by atoms with Crippen molar-refractivity contribution in [2.24, 2.45) is 0 Å². The van der Waals surface area contributed by atoms with Crippen molar-refractivity contribution in [3.8, 4) is 0 Å². The van der Waals surface area contributed by atoms with Crippen LogP contribution in [0.1, 0.15) is 22.5 Å². The van der Waals surface area contributed by atoms with E-state index in [1.165, 1.54) is 36.0 Å². The summed E-state index contributed by atoms with van der Waals surface area (Å²) >= 11 is 0. The average Bonchev–Trinajstić information content (AvgIpc) is 2.66. The molecule has 1 heterocycles. The molecule has 0 radical (unpaired) electrons. The lowest BCUT2D eigenvalue weighted by molar-refractivity contribution is 0.102. The first-order valence-electron chi connectivity index (χ1n) is 8.38. The van der Waals surface area contributed by atoms with Gasteiger partial charge in [0.1, 0.15) is 11.5 Å². The number of halogens is 1. The Bertz CT molecular complexity index is 870. The fraction of sp³-hybridized carbons (Fsp3) is 0.150. The summed E-state index contributed by atoms with van der Waals surface area (Å²) in [6.45, 7) is 0.698. The van der Waals surface area contributed by atoms with Gasteiger partial charge in [0.25, 0.3) is 5.91 Å². The molecule has 132 valence electrons. The summed E-state index contributed by atoms with van der Waals surface area (Å²) in [4.78, 5) is 20.6. The minimum absolute atomic E-state index is 0.217. The van der Waals surface area contributed by atoms with E-state index in [0.29, 0.717) is 18.2 Å². The van der Waals surface area contributed by atoms with Crippen molar-refractivity contribution in [1.29, 1.82) is 0 Å². The van der Waals surface area contributed by atoms with E-state index < -0.39 is 11.7 Å². The van der Waals surface area contributed by atoms with Crippen LogP contribution in [0.3, 0.4) is 0 Å². The molecule has 5 nitrogen and oxygen atoms in total. The molecule has 0 aliphatic heterocycles. The van der Waals surface area contributed by atoms with Crippen molar-refractivity contribution in [2.45, 2.75) is 12.8 Å². The second kappa shape index (κ2) is 8.71. The van der Waals surface area contributed by atoms with Gasteiger partial charge in [-0.1, -0.05) is 36.4 Å². The van der Waals surface area contributed by atoms with Gasteiger partial charge in [-0.25, -0.2) is 14.4 Å². The highest BCUT2D eigenvalue weighted by molar-refractivity contribution is 6.02. The highest BCUT2D eigenvalue weighted by Gasteiger charge is 2.09. The van der Waals surface area contributed by atoms with E-state index in [1.54, 1.807) is 6.07 Å². The zero-order valence-corrected chi connectivity index (χ0v) is 14.2. The predicted molar refractivity (Wildman–Crippen MR) is 99.6 cm³/mol. The van der Waals surface area contributed by atoms with Crippen LogP contribution in [0, 0.1) is 5.82 Å². The van der Waals surface area contributed by atoms with Crippen LogP contribution in [0.15, 0.2) is 66.9 Å². The topological polar surface area (TPSA) is 66.9 Å². The molecule has 3 rings (SSSR count). The molecule has 0 aliphatic carbocycles. The number of hydrogen-bond acceptors (Lipinski definition) is 4. The molecule has 2 aromatic carbocycles. The summed E-state index contributed by atoms with van der Waals surface area (Å²) < 4.78 is 13.2. The van der Waals surface area contributed by atoms with Crippen molar-refractivity contribution < 1.29 is 9.18 Å². The molecular formula is C20H19FN4O. The number of nitrogens with one attached hydrogen (secondary N) is 2. The van der Waals surface area contributed by atoms with E-state index in [9.17, 15) is 9.18 Å². The Hall–Kier alpha value is -3.28. The van der Waals surface area contributed by atoms with Gasteiger partial charge in [-0.2, -0.15) is 0 Å². The van der Waals surface area contributed by atoms with Crippen molar-refractivity contribution in [3.05, 3.63) is 83.9 Å². The lowest BCUT2D eigenvalue weighted by Crippen LogP contribution is -2.15. The predicted octanol–water partition coefficient (Wildman–Crippen LogP) is 3.91. The summed E-state index contributed by atoms with van der Waals surface area (Å²) in [6, 6.07) is 17.5. The van der Waals surface area contributed by atoms with Gasteiger partial charge in [-0.3, -0.25) is 4.79 Å². The Morgan fingerprint density at radius 3 is 2.69 bits per heavy atom. The van der Waals surface area contributed by atoms with E-state index in [1.807, 2.05) is 18.2 Å². The maximum atomic E-state index is 13.2. The molecule has 6 heteroatoms. The second-order valence-electron chi connectivity index (χ2n) is 5.75. The van der Waals surface area contributed by atoms with E-state index in [0.717, 1.165) is 12.8 Å². The molecule has 1 aromatic heterocycles. The smallest absolute Gasteiger partial charge is 0.274 e. The standard InChI is InChI=1S/C20H19FN4O/c21-16-9-4-10-17(14-16)24-19(26)18-11-13-23-20(25-18)22-12-5-8-15-6-2-1-3-7-15/h1-4,6-7,9-11,13-14H,5,8,12H2,(H,24,26)(H,22,23,25). The van der Waals surface area contributed by atoms with Crippen LogP contribution in [0.5, 0.6) is 0 Å². The van der Waals surface area contributed by atoms with Crippen LogP contribution in [-0.2, 0) is 6.42 Å². The van der Waals surface area contributed by atoms with Crippen LogP contribution in [0.2, 0.25) is 0 Å². The number of aryl methyl sites for hydroxylation is 1. The SMILES string of the molecule is O=C(Nc1cccc(F)c1)c1ccnc(NCCCc2ccccc2)n1. The Balaban J connectivity index is 1.53. The van der Waals surface area contributed by atoms with E-state index >= 15 is 0 Å². The fourth-order valence-electron chi connectivity index (χ4n) is 2.47. The number of anilines is 2. The summed E-state index contributed by atoms with van der Waals surface area (Å²) in [6.07, 6.45) is 3.40. The average molecular weight is 350 g/mol. The molecule has 0 aliphatic rings. The number of hydrogen-bond donors (Lipinski definition) is 2. The fourth-order valence-corrected chi connectivity index (χ4v) is 2.47. The monoisotopic (exact) mass is 350 g/mol. The first-order valence-corrected chi connectivity index (χ1v) is 8.38. The van der Waals surface area contributed by atoms with Crippen molar-refractivity contribution in [2.75, 3.05) is 17.2 Å². The Morgan fingerprint density at radius 2 is 1.88 bits per heavy atom. The molecule has 2 N–H and O–H groups in total.